The van der Waals surface area contributed by atoms with Crippen molar-refractivity contribution in [1.82, 2.24) is 10.3 Å². The molecule has 0 saturated carbocycles. The number of carbonyl (C=O) groups excluding carboxylic acids is 1. The number of carbonyl (C=O) groups is 1. The van der Waals surface area contributed by atoms with E-state index in [2.05, 4.69) is 15.0 Å². The second-order valence-corrected chi connectivity index (χ2v) is 11.0. The Morgan fingerprint density at radius 1 is 0.927 bits per heavy atom. The average Bonchev–Trinajstić information content (AvgIpc) is 3.31. The van der Waals surface area contributed by atoms with Crippen molar-refractivity contribution in [2.75, 3.05) is 30.3 Å². The molecule has 10 heteroatoms. The summed E-state index contributed by atoms with van der Waals surface area (Å²) in [5.41, 5.74) is 3.84. The maximum atomic E-state index is 13.2. The van der Waals surface area contributed by atoms with Crippen LogP contribution in [0.5, 0.6) is 5.88 Å². The highest BCUT2D eigenvalue weighted by molar-refractivity contribution is 7.92. The summed E-state index contributed by atoms with van der Waals surface area (Å²) in [6.45, 7) is 0.215. The number of likely N-dealkylation sites (N-methyl/N-ethyl adjacent to an activating group) is 2. The number of amides is 1. The zero-order valence-corrected chi connectivity index (χ0v) is 23.3. The van der Waals surface area contributed by atoms with Crippen LogP contribution in [-0.4, -0.2) is 50.8 Å². The van der Waals surface area contributed by atoms with E-state index in [1.807, 2.05) is 30.3 Å². The molecule has 0 radical (unpaired) electrons. The molecule has 1 aromatic heterocycles. The van der Waals surface area contributed by atoms with Crippen molar-refractivity contribution in [3.63, 3.8) is 0 Å². The van der Waals surface area contributed by atoms with Gasteiger partial charge in [-0.1, -0.05) is 48.5 Å². The van der Waals surface area contributed by atoms with Gasteiger partial charge in [-0.15, -0.1) is 0 Å². The van der Waals surface area contributed by atoms with E-state index in [1.165, 1.54) is 12.1 Å². The van der Waals surface area contributed by atoms with Crippen molar-refractivity contribution in [3.05, 3.63) is 114 Å². The molecule has 0 aliphatic rings. The van der Waals surface area contributed by atoms with Crippen LogP contribution in [-0.2, 0) is 14.8 Å². The van der Waals surface area contributed by atoms with E-state index in [9.17, 15) is 18.3 Å². The van der Waals surface area contributed by atoms with E-state index in [4.69, 9.17) is 4.99 Å². The lowest BCUT2D eigenvalue weighted by molar-refractivity contribution is -0.117. The molecule has 0 fully saturated rings. The van der Waals surface area contributed by atoms with E-state index in [-0.39, 0.29) is 23.2 Å². The molecule has 5 aromatic rings. The van der Waals surface area contributed by atoms with Gasteiger partial charge in [0.15, 0.2) is 5.88 Å². The average molecular weight is 568 g/mol. The number of benzene rings is 4. The van der Waals surface area contributed by atoms with Crippen molar-refractivity contribution in [1.29, 1.82) is 0 Å². The van der Waals surface area contributed by atoms with Crippen molar-refractivity contribution in [2.45, 2.75) is 4.90 Å². The van der Waals surface area contributed by atoms with Gasteiger partial charge in [0.1, 0.15) is 0 Å². The Morgan fingerprint density at radius 3 is 2.24 bits per heavy atom. The summed E-state index contributed by atoms with van der Waals surface area (Å²) in [7, 11) is -0.489. The molecule has 1 heterocycles. The summed E-state index contributed by atoms with van der Waals surface area (Å²) < 4.78 is 29.0. The van der Waals surface area contributed by atoms with Crippen molar-refractivity contribution in [3.8, 4) is 5.88 Å². The van der Waals surface area contributed by atoms with Crippen molar-refractivity contribution < 1.29 is 18.3 Å². The number of anilines is 2. The minimum atomic E-state index is -3.91. The summed E-state index contributed by atoms with van der Waals surface area (Å²) in [5.74, 6) is -0.216. The van der Waals surface area contributed by atoms with Gasteiger partial charge in [0.25, 0.3) is 10.0 Å². The van der Waals surface area contributed by atoms with Crippen molar-refractivity contribution >= 4 is 49.6 Å². The molecule has 0 atom stereocenters. The summed E-state index contributed by atoms with van der Waals surface area (Å²) in [4.78, 5) is 21.7. The van der Waals surface area contributed by atoms with E-state index in [0.717, 1.165) is 5.56 Å². The first-order valence-corrected chi connectivity index (χ1v) is 14.3. The minimum Gasteiger partial charge on any atom is -0.494 e. The fourth-order valence-electron chi connectivity index (χ4n) is 4.44. The zero-order valence-electron chi connectivity index (χ0n) is 22.5. The third kappa shape index (κ3) is 5.98. The number of sulfonamides is 1. The molecule has 0 spiro atoms. The van der Waals surface area contributed by atoms with Crippen molar-refractivity contribution in [2.24, 2.45) is 4.99 Å². The number of H-pyrrole nitrogens is 1. The Labute approximate surface area is 238 Å². The smallest absolute Gasteiger partial charge is 0.261 e. The topological polar surface area (TPSA) is 127 Å². The fraction of sp³-hybridized carbons (Fsp3) is 0.0968. The third-order valence-corrected chi connectivity index (χ3v) is 7.93. The number of para-hydroxylation sites is 1. The van der Waals surface area contributed by atoms with Crippen LogP contribution in [0, 0.1) is 0 Å². The quantitative estimate of drug-likeness (QED) is 0.186. The first kappa shape index (κ1) is 27.6. The normalized spacial score (nSPS) is 11.9. The highest BCUT2D eigenvalue weighted by atomic mass is 32.2. The Hall–Kier alpha value is -4.93. The first-order valence-electron chi connectivity index (χ1n) is 12.8. The van der Waals surface area contributed by atoms with Crippen LogP contribution in [0.15, 0.2) is 113 Å². The number of aromatic amines is 1. The van der Waals surface area contributed by atoms with Crippen LogP contribution < -0.4 is 14.9 Å². The molecule has 208 valence electrons. The van der Waals surface area contributed by atoms with Gasteiger partial charge in [-0.3, -0.25) is 9.52 Å². The van der Waals surface area contributed by atoms with Gasteiger partial charge in [0, 0.05) is 34.9 Å². The number of aliphatic imine (C=N–C) groups is 1. The summed E-state index contributed by atoms with van der Waals surface area (Å²) in [6.07, 6.45) is 0. The van der Waals surface area contributed by atoms with E-state index < -0.39 is 10.0 Å². The second kappa shape index (κ2) is 11.7. The summed E-state index contributed by atoms with van der Waals surface area (Å²) in [5, 5.41) is 14.4. The number of aromatic nitrogens is 1. The molecular formula is C31H29N5O4S. The fourth-order valence-corrected chi connectivity index (χ4v) is 5.52. The maximum Gasteiger partial charge on any atom is 0.261 e. The van der Waals surface area contributed by atoms with Gasteiger partial charge in [-0.25, -0.2) is 13.4 Å². The summed E-state index contributed by atoms with van der Waals surface area (Å²) >= 11 is 0. The first-order chi connectivity index (χ1) is 19.8. The van der Waals surface area contributed by atoms with Gasteiger partial charge in [-0.2, -0.15) is 0 Å². The second-order valence-electron chi connectivity index (χ2n) is 9.35. The maximum absolute atomic E-state index is 13.2. The van der Waals surface area contributed by atoms with E-state index in [0.29, 0.717) is 39.2 Å². The molecule has 0 bridgehead atoms. The molecule has 0 unspecified atom stereocenters. The number of nitrogens with zero attached hydrogens (tertiary/aromatic N) is 2. The molecule has 0 aliphatic heterocycles. The Morgan fingerprint density at radius 2 is 1.59 bits per heavy atom. The molecule has 41 heavy (non-hydrogen) atoms. The zero-order chi connectivity index (χ0) is 29.0. The molecule has 9 nitrogen and oxygen atoms in total. The number of fused-ring (bicyclic) bond motifs is 1. The predicted octanol–water partition coefficient (Wildman–Crippen LogP) is 5.03. The van der Waals surface area contributed by atoms with Crippen LogP contribution >= 0.6 is 0 Å². The van der Waals surface area contributed by atoms with Crippen LogP contribution in [0.2, 0.25) is 0 Å². The van der Waals surface area contributed by atoms with E-state index in [1.54, 1.807) is 79.7 Å². The van der Waals surface area contributed by atoms with Crippen LogP contribution in [0.3, 0.4) is 0 Å². The Kier molecular flexibility index (Phi) is 7.86. The highest BCUT2D eigenvalue weighted by Crippen LogP contribution is 2.33. The molecular weight excluding hydrogens is 538 g/mol. The van der Waals surface area contributed by atoms with Gasteiger partial charge in [0.05, 0.1) is 28.4 Å². The van der Waals surface area contributed by atoms with Gasteiger partial charge in [0.2, 0.25) is 5.91 Å². The highest BCUT2D eigenvalue weighted by Gasteiger charge is 2.22. The minimum absolute atomic E-state index is 0.0418. The third-order valence-electron chi connectivity index (χ3n) is 6.55. The Balaban J connectivity index is 1.59. The van der Waals surface area contributed by atoms with E-state index >= 15 is 0 Å². The SMILES string of the molecule is CNCC(=O)N(C)c1ccc(N=C(c2ccccc2)c2c(O)[nH]c3ccc(S(=O)(=O)Nc4ccccc4)cc23)cc1. The standard InChI is InChI=1S/C31H29N5O4S/c1-32-20-28(37)36(2)24-15-13-22(14-16-24)33-30(21-9-5-3-6-10-21)29-26-19-25(17-18-27(26)34-31(29)38)41(39,40)35-23-11-7-4-8-12-23/h3-19,32,34-35,38H,20H2,1-2H3. The van der Waals surface area contributed by atoms with Crippen LogP contribution in [0.1, 0.15) is 11.1 Å². The largest absolute Gasteiger partial charge is 0.494 e. The molecule has 0 aliphatic carbocycles. The Bertz CT molecular complexity index is 1820. The molecule has 1 amide bonds. The molecule has 4 N–H and O–H groups in total. The lowest BCUT2D eigenvalue weighted by Gasteiger charge is -2.17. The number of rotatable bonds is 9. The monoisotopic (exact) mass is 567 g/mol. The van der Waals surface area contributed by atoms with Gasteiger partial charge >= 0.3 is 0 Å². The predicted molar refractivity (Wildman–Crippen MR) is 163 cm³/mol. The lowest BCUT2D eigenvalue weighted by atomic mass is 10.0. The molecule has 4 aromatic carbocycles. The number of nitrogens with one attached hydrogen (secondary N) is 3. The molecule has 5 rings (SSSR count). The van der Waals surface area contributed by atoms with Crippen LogP contribution in [0.4, 0.5) is 17.1 Å². The number of aromatic hydroxyl groups is 1. The lowest BCUT2D eigenvalue weighted by Crippen LogP contribution is -2.33. The molecule has 0 saturated heterocycles. The number of hydrogen-bond acceptors (Lipinski definition) is 6. The van der Waals surface area contributed by atoms with Gasteiger partial charge < -0.3 is 20.3 Å². The van der Waals surface area contributed by atoms with Crippen LogP contribution in [0.25, 0.3) is 10.9 Å². The number of hydrogen-bond donors (Lipinski definition) is 4. The summed E-state index contributed by atoms with van der Waals surface area (Å²) in [6, 6.07) is 29.8. The van der Waals surface area contributed by atoms with Gasteiger partial charge in [-0.05, 0) is 61.6 Å².